The molecule has 51 valence electrons. The monoisotopic (exact) mass is 144 g/mol. The molecule has 0 aliphatic carbocycles. The highest BCUT2D eigenvalue weighted by Gasteiger charge is 1.65. The molecular formula is H7AlNO6. The fraction of sp³-hybridized carbons (Fsp3) is 0. The van der Waals surface area contributed by atoms with Crippen LogP contribution >= 0.6 is 0 Å². The molecule has 7 nitrogen and oxygen atoms in total. The molecule has 0 unspecified atom stereocenters. The van der Waals surface area contributed by atoms with Gasteiger partial charge in [0, 0.05) is 17.4 Å². The number of rotatable bonds is 0. The normalized spacial score (nSPS) is 3.00. The summed E-state index contributed by atoms with van der Waals surface area (Å²) < 4.78 is 0. The molecule has 8 heavy (non-hydrogen) atoms. The number of hydrogen-bond donors (Lipinski definition) is 1. The minimum absolute atomic E-state index is 0. The van der Waals surface area contributed by atoms with Crippen LogP contribution in [0.2, 0.25) is 0 Å². The number of hydrogen-bond acceptors (Lipinski definition) is 2. The van der Waals surface area contributed by atoms with E-state index in [9.17, 15) is 0 Å². The molecule has 0 fully saturated rings. The van der Waals surface area contributed by atoms with E-state index in [-0.39, 0.29) is 33.8 Å². The van der Waals surface area contributed by atoms with Gasteiger partial charge in [0.05, 0.1) is 0 Å². The first kappa shape index (κ1) is 48.8. The Bertz CT molecular complexity index is 31.5. The second-order valence-electron chi connectivity index (χ2n) is 0.238. The molecule has 0 atom stereocenters. The Morgan fingerprint density at radius 2 is 1.25 bits per heavy atom. The maximum atomic E-state index is 8.36. The van der Waals surface area contributed by atoms with Gasteiger partial charge in [0.15, 0.2) is 0 Å². The molecular weight excluding hydrogens is 137 g/mol. The van der Waals surface area contributed by atoms with Gasteiger partial charge >= 0.3 is 0 Å². The molecule has 3 radical (unpaired) electrons. The maximum Gasteiger partial charge on any atom is 0.291 e. The zero-order chi connectivity index (χ0) is 3.58. The predicted molar refractivity (Wildman–Crippen MR) is 25.4 cm³/mol. The van der Waals surface area contributed by atoms with E-state index in [0.717, 1.165) is 0 Å². The highest BCUT2D eigenvalue weighted by atomic mass is 27.0. The van der Waals surface area contributed by atoms with Gasteiger partial charge in [-0.2, -0.15) is 0 Å². The fourth-order valence-electron chi connectivity index (χ4n) is 0. The van der Waals surface area contributed by atoms with Crippen molar-refractivity contribution in [2.45, 2.75) is 0 Å². The molecule has 0 amide bonds. The molecule has 0 saturated carbocycles. The summed E-state index contributed by atoms with van der Waals surface area (Å²) in [4.78, 5) is 8.36. The van der Waals surface area contributed by atoms with Gasteiger partial charge in [-0.3, -0.25) is 0 Å². The van der Waals surface area contributed by atoms with E-state index in [1.54, 1.807) is 0 Å². The molecule has 0 aromatic rings. The van der Waals surface area contributed by atoms with Gasteiger partial charge in [-0.05, 0) is 0 Å². The third-order valence-electron chi connectivity index (χ3n) is 0. The van der Waals surface area contributed by atoms with Crippen molar-refractivity contribution in [1.29, 1.82) is 0 Å². The Hall–Kier alpha value is -0.388. The molecule has 0 heterocycles. The Morgan fingerprint density at radius 3 is 1.25 bits per heavy atom. The first-order valence-electron chi connectivity index (χ1n) is 0.565. The van der Waals surface area contributed by atoms with Crippen molar-refractivity contribution in [2.24, 2.45) is 0 Å². The summed E-state index contributed by atoms with van der Waals surface area (Å²) in [5.41, 5.74) is 0. The molecule has 0 aliphatic heterocycles. The Balaban J connectivity index is -0.00000000750. The van der Waals surface area contributed by atoms with E-state index in [4.69, 9.17) is 15.3 Å². The standard InChI is InChI=1S/Al.HNO3.3H2O/c;2-1(3)4;;;/h;(H,2,3,4);3*1H2. The lowest BCUT2D eigenvalue weighted by Crippen LogP contribution is -1.81. The third kappa shape index (κ3) is 795. The van der Waals surface area contributed by atoms with E-state index in [2.05, 4.69) is 0 Å². The molecule has 0 rings (SSSR count). The summed E-state index contributed by atoms with van der Waals surface area (Å²) in [6.07, 6.45) is 0. The van der Waals surface area contributed by atoms with Crippen LogP contribution in [0.1, 0.15) is 0 Å². The van der Waals surface area contributed by atoms with Crippen molar-refractivity contribution in [1.82, 2.24) is 0 Å². The minimum Gasteiger partial charge on any atom is -0.412 e. The van der Waals surface area contributed by atoms with Crippen LogP contribution in [0.25, 0.3) is 0 Å². The summed E-state index contributed by atoms with van der Waals surface area (Å²) in [6, 6.07) is 0. The summed E-state index contributed by atoms with van der Waals surface area (Å²) >= 11 is 0. The van der Waals surface area contributed by atoms with Gasteiger partial charge in [0.1, 0.15) is 0 Å². The minimum atomic E-state index is -1.50. The van der Waals surface area contributed by atoms with Gasteiger partial charge in [-0.25, -0.2) is 0 Å². The fourth-order valence-corrected chi connectivity index (χ4v) is 0. The van der Waals surface area contributed by atoms with Gasteiger partial charge in [-0.15, -0.1) is 10.1 Å². The predicted octanol–water partition coefficient (Wildman–Crippen LogP) is -3.20. The molecule has 0 aromatic heterocycles. The second-order valence-corrected chi connectivity index (χ2v) is 0.238. The van der Waals surface area contributed by atoms with Crippen LogP contribution in [0.5, 0.6) is 0 Å². The molecule has 7 N–H and O–H groups in total. The summed E-state index contributed by atoms with van der Waals surface area (Å²) in [6.45, 7) is 0. The zero-order valence-corrected chi connectivity index (χ0v) is 4.94. The molecule has 8 heteroatoms. The molecule has 0 aliphatic rings. The summed E-state index contributed by atoms with van der Waals surface area (Å²) in [5, 5.41) is 13.6. The van der Waals surface area contributed by atoms with Crippen LogP contribution in [0, 0.1) is 10.1 Å². The van der Waals surface area contributed by atoms with Crippen molar-refractivity contribution in [3.8, 4) is 0 Å². The quantitative estimate of drug-likeness (QED) is 0.216. The van der Waals surface area contributed by atoms with Gasteiger partial charge < -0.3 is 21.6 Å². The van der Waals surface area contributed by atoms with Crippen LogP contribution in [-0.4, -0.2) is 44.1 Å². The van der Waals surface area contributed by atoms with Crippen molar-refractivity contribution in [2.75, 3.05) is 0 Å². The van der Waals surface area contributed by atoms with Crippen LogP contribution in [0.4, 0.5) is 0 Å². The third-order valence-corrected chi connectivity index (χ3v) is 0. The maximum absolute atomic E-state index is 8.36. The first-order chi connectivity index (χ1) is 1.73. The average Bonchev–Trinajstić information content (AvgIpc) is 0.811. The van der Waals surface area contributed by atoms with E-state index < -0.39 is 5.09 Å². The van der Waals surface area contributed by atoms with E-state index in [1.165, 1.54) is 0 Å². The Morgan fingerprint density at radius 1 is 1.25 bits per heavy atom. The SMILES string of the molecule is O.O.O.O=[N+]([O-])O.[Al]. The smallest absolute Gasteiger partial charge is 0.291 e. The van der Waals surface area contributed by atoms with Gasteiger partial charge in [0.25, 0.3) is 5.09 Å². The summed E-state index contributed by atoms with van der Waals surface area (Å²) in [5.74, 6) is 0. The van der Waals surface area contributed by atoms with Crippen LogP contribution < -0.4 is 0 Å². The van der Waals surface area contributed by atoms with Crippen LogP contribution in [-0.2, 0) is 0 Å². The molecule has 0 spiro atoms. The lowest BCUT2D eigenvalue weighted by atomic mass is 13.1. The van der Waals surface area contributed by atoms with Crippen molar-refractivity contribution in [3.05, 3.63) is 10.1 Å². The van der Waals surface area contributed by atoms with Crippen LogP contribution in [0.3, 0.4) is 0 Å². The highest BCUT2D eigenvalue weighted by molar-refractivity contribution is 5.75. The van der Waals surface area contributed by atoms with Crippen molar-refractivity contribution < 1.29 is 26.7 Å². The van der Waals surface area contributed by atoms with Gasteiger partial charge in [0.2, 0.25) is 0 Å². The molecule has 0 bridgehead atoms. The lowest BCUT2D eigenvalue weighted by molar-refractivity contribution is -0.742. The average molecular weight is 144 g/mol. The van der Waals surface area contributed by atoms with Crippen LogP contribution in [0.15, 0.2) is 0 Å². The zero-order valence-electron chi connectivity index (χ0n) is 3.79. The van der Waals surface area contributed by atoms with E-state index in [1.807, 2.05) is 0 Å². The Labute approximate surface area is 55.1 Å². The van der Waals surface area contributed by atoms with Crippen molar-refractivity contribution in [3.63, 3.8) is 0 Å². The van der Waals surface area contributed by atoms with Gasteiger partial charge in [-0.1, -0.05) is 0 Å². The Kier molecular flexibility index (Phi) is 186. The second kappa shape index (κ2) is 30.5. The lowest BCUT2D eigenvalue weighted by Gasteiger charge is -1.56. The van der Waals surface area contributed by atoms with Crippen molar-refractivity contribution >= 4 is 17.4 Å². The topological polar surface area (TPSA) is 158 Å². The van der Waals surface area contributed by atoms with E-state index in [0.29, 0.717) is 0 Å². The molecule has 0 aromatic carbocycles. The first-order valence-corrected chi connectivity index (χ1v) is 0.565. The summed E-state index contributed by atoms with van der Waals surface area (Å²) in [7, 11) is 0. The largest absolute Gasteiger partial charge is 0.412 e. The highest BCUT2D eigenvalue weighted by Crippen LogP contribution is 1.38. The number of nitrogens with zero attached hydrogens (tertiary/aromatic N) is 1. The van der Waals surface area contributed by atoms with E-state index >= 15 is 0 Å². The molecule has 0 saturated heterocycles.